The van der Waals surface area contributed by atoms with Gasteiger partial charge in [-0.15, -0.1) is 0 Å². The zero-order valence-electron chi connectivity index (χ0n) is 11.2. The maximum absolute atomic E-state index is 11.8. The van der Waals surface area contributed by atoms with Crippen molar-refractivity contribution in [1.82, 2.24) is 20.5 Å². The van der Waals surface area contributed by atoms with Gasteiger partial charge in [-0.2, -0.15) is 5.10 Å². The number of aromatic nitrogens is 3. The average Bonchev–Trinajstić information content (AvgIpc) is 2.74. The van der Waals surface area contributed by atoms with Crippen LogP contribution < -0.4 is 10.6 Å². The summed E-state index contributed by atoms with van der Waals surface area (Å²) in [5.74, 6) is 1.08. The molecule has 0 atom stereocenters. The average molecular weight is 259 g/mol. The van der Waals surface area contributed by atoms with Gasteiger partial charge in [0.15, 0.2) is 5.82 Å². The van der Waals surface area contributed by atoms with Crippen molar-refractivity contribution in [2.45, 2.75) is 26.8 Å². The number of hydrogen-bond acceptors (Lipinski definition) is 4. The van der Waals surface area contributed by atoms with E-state index in [2.05, 4.69) is 25.8 Å². The van der Waals surface area contributed by atoms with Gasteiger partial charge in [-0.25, -0.2) is 4.98 Å². The highest BCUT2D eigenvalue weighted by Gasteiger charge is 2.09. The fraction of sp³-hybridized carbons (Fsp3) is 0.308. The first-order valence-corrected chi connectivity index (χ1v) is 6.11. The van der Waals surface area contributed by atoms with Gasteiger partial charge in [0.05, 0.1) is 0 Å². The standard InChI is InChI=1S/C13H17N5O/c1-8(2)14-13(19)10-5-4-6-11(15-10)16-12-7-9(3)17-18-12/h4-8H,1-3H3,(H,14,19)(H2,15,16,17,18). The molecule has 0 radical (unpaired) electrons. The zero-order valence-corrected chi connectivity index (χ0v) is 11.2. The predicted octanol–water partition coefficient (Wildman–Crippen LogP) is 1.99. The van der Waals surface area contributed by atoms with Crippen LogP contribution in [0.25, 0.3) is 0 Å². The molecule has 6 nitrogen and oxygen atoms in total. The third-order valence-corrected chi connectivity index (χ3v) is 2.36. The van der Waals surface area contributed by atoms with E-state index in [-0.39, 0.29) is 11.9 Å². The number of nitrogens with one attached hydrogen (secondary N) is 3. The summed E-state index contributed by atoms with van der Waals surface area (Å²) in [5, 5.41) is 12.7. The molecule has 19 heavy (non-hydrogen) atoms. The summed E-state index contributed by atoms with van der Waals surface area (Å²) in [6, 6.07) is 7.20. The van der Waals surface area contributed by atoms with Gasteiger partial charge in [-0.1, -0.05) is 6.07 Å². The third-order valence-electron chi connectivity index (χ3n) is 2.36. The Bertz CT molecular complexity index is 576. The molecule has 0 aliphatic rings. The molecule has 2 rings (SSSR count). The molecule has 0 fully saturated rings. The maximum atomic E-state index is 11.8. The lowest BCUT2D eigenvalue weighted by atomic mass is 10.3. The molecule has 2 aromatic rings. The predicted molar refractivity (Wildman–Crippen MR) is 73.4 cm³/mol. The number of pyridine rings is 1. The number of aryl methyl sites for hydroxylation is 1. The van der Waals surface area contributed by atoms with Crippen molar-refractivity contribution in [2.75, 3.05) is 5.32 Å². The molecule has 0 spiro atoms. The van der Waals surface area contributed by atoms with Gasteiger partial charge in [0.2, 0.25) is 0 Å². The van der Waals surface area contributed by atoms with Gasteiger partial charge < -0.3 is 10.6 Å². The Morgan fingerprint density at radius 3 is 2.74 bits per heavy atom. The van der Waals surface area contributed by atoms with E-state index in [1.54, 1.807) is 18.2 Å². The van der Waals surface area contributed by atoms with E-state index in [1.165, 1.54) is 0 Å². The van der Waals surface area contributed by atoms with E-state index in [9.17, 15) is 4.79 Å². The largest absolute Gasteiger partial charge is 0.349 e. The molecule has 100 valence electrons. The van der Waals surface area contributed by atoms with Gasteiger partial charge in [0.1, 0.15) is 11.5 Å². The number of hydrogen-bond donors (Lipinski definition) is 3. The van der Waals surface area contributed by atoms with E-state index in [4.69, 9.17) is 0 Å². The summed E-state index contributed by atoms with van der Waals surface area (Å²) in [4.78, 5) is 16.1. The monoisotopic (exact) mass is 259 g/mol. The second-order valence-corrected chi connectivity index (χ2v) is 4.60. The Hall–Kier alpha value is -2.37. The molecule has 2 heterocycles. The summed E-state index contributed by atoms with van der Waals surface area (Å²) in [7, 11) is 0. The van der Waals surface area contributed by atoms with Crippen LogP contribution in [0.15, 0.2) is 24.3 Å². The number of carbonyl (C=O) groups is 1. The van der Waals surface area contributed by atoms with E-state index in [1.807, 2.05) is 26.8 Å². The SMILES string of the molecule is Cc1cc(Nc2cccc(C(=O)NC(C)C)n2)n[nH]1. The Kier molecular flexibility index (Phi) is 3.79. The summed E-state index contributed by atoms with van der Waals surface area (Å²) in [6.45, 7) is 5.73. The first-order chi connectivity index (χ1) is 9.04. The Labute approximate surface area is 111 Å². The van der Waals surface area contributed by atoms with Gasteiger partial charge in [0.25, 0.3) is 5.91 Å². The molecule has 0 saturated heterocycles. The highest BCUT2D eigenvalue weighted by atomic mass is 16.1. The molecule has 0 aliphatic carbocycles. The molecular formula is C13H17N5O. The number of H-pyrrole nitrogens is 1. The van der Waals surface area contributed by atoms with E-state index in [0.717, 1.165) is 5.69 Å². The molecule has 1 amide bonds. The highest BCUT2D eigenvalue weighted by molar-refractivity contribution is 5.92. The van der Waals surface area contributed by atoms with Gasteiger partial charge in [-0.05, 0) is 32.9 Å². The molecule has 3 N–H and O–H groups in total. The van der Waals surface area contributed by atoms with Crippen molar-refractivity contribution in [2.24, 2.45) is 0 Å². The van der Waals surface area contributed by atoms with Crippen molar-refractivity contribution in [3.05, 3.63) is 35.7 Å². The fourth-order valence-corrected chi connectivity index (χ4v) is 1.58. The minimum atomic E-state index is -0.183. The number of aromatic amines is 1. The van der Waals surface area contributed by atoms with Crippen LogP contribution in [-0.2, 0) is 0 Å². The quantitative estimate of drug-likeness (QED) is 0.784. The number of anilines is 2. The Balaban J connectivity index is 2.13. The first kappa shape index (κ1) is 13.1. The van der Waals surface area contributed by atoms with Crippen molar-refractivity contribution < 1.29 is 4.79 Å². The number of rotatable bonds is 4. The Morgan fingerprint density at radius 2 is 2.11 bits per heavy atom. The molecular weight excluding hydrogens is 242 g/mol. The van der Waals surface area contributed by atoms with Crippen molar-refractivity contribution >= 4 is 17.5 Å². The molecule has 0 aromatic carbocycles. The van der Waals surface area contributed by atoms with E-state index < -0.39 is 0 Å². The normalized spacial score (nSPS) is 10.5. The topological polar surface area (TPSA) is 82.7 Å². The van der Waals surface area contributed by atoms with Crippen LogP contribution in [0, 0.1) is 6.92 Å². The lowest BCUT2D eigenvalue weighted by molar-refractivity contribution is 0.0938. The van der Waals surface area contributed by atoms with Gasteiger partial charge in [0, 0.05) is 17.8 Å². The van der Waals surface area contributed by atoms with E-state index in [0.29, 0.717) is 17.3 Å². The van der Waals surface area contributed by atoms with Crippen LogP contribution in [0.3, 0.4) is 0 Å². The Morgan fingerprint density at radius 1 is 1.32 bits per heavy atom. The van der Waals surface area contributed by atoms with Crippen LogP contribution in [0.2, 0.25) is 0 Å². The lowest BCUT2D eigenvalue weighted by Gasteiger charge is -2.08. The second-order valence-electron chi connectivity index (χ2n) is 4.60. The zero-order chi connectivity index (χ0) is 13.8. The lowest BCUT2D eigenvalue weighted by Crippen LogP contribution is -2.30. The van der Waals surface area contributed by atoms with Crippen LogP contribution in [0.1, 0.15) is 30.0 Å². The third kappa shape index (κ3) is 3.54. The highest BCUT2D eigenvalue weighted by Crippen LogP contribution is 2.13. The molecule has 6 heteroatoms. The van der Waals surface area contributed by atoms with Crippen LogP contribution in [0.4, 0.5) is 11.6 Å². The van der Waals surface area contributed by atoms with Crippen molar-refractivity contribution in [3.8, 4) is 0 Å². The number of amides is 1. The smallest absolute Gasteiger partial charge is 0.270 e. The minimum absolute atomic E-state index is 0.0832. The second kappa shape index (κ2) is 5.51. The number of carbonyl (C=O) groups excluding carboxylic acids is 1. The fourth-order valence-electron chi connectivity index (χ4n) is 1.58. The maximum Gasteiger partial charge on any atom is 0.270 e. The summed E-state index contributed by atoms with van der Waals surface area (Å²) >= 11 is 0. The van der Waals surface area contributed by atoms with Crippen LogP contribution in [0.5, 0.6) is 0 Å². The van der Waals surface area contributed by atoms with Crippen molar-refractivity contribution in [3.63, 3.8) is 0 Å². The van der Waals surface area contributed by atoms with E-state index >= 15 is 0 Å². The van der Waals surface area contributed by atoms with Gasteiger partial charge in [-0.3, -0.25) is 9.89 Å². The van der Waals surface area contributed by atoms with Crippen molar-refractivity contribution in [1.29, 1.82) is 0 Å². The van der Waals surface area contributed by atoms with Gasteiger partial charge >= 0.3 is 0 Å². The minimum Gasteiger partial charge on any atom is -0.349 e. The molecule has 0 bridgehead atoms. The van der Waals surface area contributed by atoms with Crippen LogP contribution >= 0.6 is 0 Å². The van der Waals surface area contributed by atoms with Crippen LogP contribution in [-0.4, -0.2) is 27.1 Å². The first-order valence-electron chi connectivity index (χ1n) is 6.11. The summed E-state index contributed by atoms with van der Waals surface area (Å²) < 4.78 is 0. The summed E-state index contributed by atoms with van der Waals surface area (Å²) in [6.07, 6.45) is 0. The number of nitrogens with zero attached hydrogens (tertiary/aromatic N) is 2. The molecule has 0 saturated carbocycles. The molecule has 0 unspecified atom stereocenters. The molecule has 0 aliphatic heterocycles. The molecule has 2 aromatic heterocycles. The summed E-state index contributed by atoms with van der Waals surface area (Å²) in [5.41, 5.74) is 1.34.